The summed E-state index contributed by atoms with van der Waals surface area (Å²) in [6, 6.07) is 25.6. The van der Waals surface area contributed by atoms with Gasteiger partial charge in [0.25, 0.3) is 5.91 Å². The third-order valence-corrected chi connectivity index (χ3v) is 8.55. The Balaban J connectivity index is 1.12. The molecule has 0 N–H and O–H groups in total. The molecule has 0 radical (unpaired) electrons. The van der Waals surface area contributed by atoms with Gasteiger partial charge in [0.1, 0.15) is 5.75 Å². The minimum Gasteiger partial charge on any atom is -0.497 e. The van der Waals surface area contributed by atoms with Crippen molar-refractivity contribution in [2.45, 2.75) is 44.3 Å². The number of hydrogen-bond acceptors (Lipinski definition) is 6. The van der Waals surface area contributed by atoms with E-state index < -0.39 is 0 Å². The Morgan fingerprint density at radius 2 is 1.74 bits per heavy atom. The van der Waals surface area contributed by atoms with Crippen molar-refractivity contribution in [2.24, 2.45) is 0 Å². The smallest absolute Gasteiger partial charge is 0.254 e. The normalized spacial score (nSPS) is 15.1. The average Bonchev–Trinajstić information content (AvgIpc) is 3.45. The van der Waals surface area contributed by atoms with Crippen LogP contribution in [0.3, 0.4) is 0 Å². The Kier molecular flexibility index (Phi) is 9.59. The Morgan fingerprint density at radius 1 is 0.952 bits per heavy atom. The van der Waals surface area contributed by atoms with E-state index in [2.05, 4.69) is 46.0 Å². The number of hydrogen-bond donors (Lipinski definition) is 0. The molecule has 4 aromatic rings. The summed E-state index contributed by atoms with van der Waals surface area (Å²) < 4.78 is 7.37. The number of unbranched alkanes of at least 4 members (excludes halogenated alkanes) is 1. The molecule has 1 atom stereocenters. The van der Waals surface area contributed by atoms with E-state index in [9.17, 15) is 9.59 Å². The highest BCUT2D eigenvalue weighted by Crippen LogP contribution is 2.29. The van der Waals surface area contributed by atoms with Crippen molar-refractivity contribution in [3.8, 4) is 22.8 Å². The summed E-state index contributed by atoms with van der Waals surface area (Å²) in [7, 11) is 1.59. The lowest BCUT2D eigenvalue weighted by Gasteiger charge is -2.40. The van der Waals surface area contributed by atoms with Crippen LogP contribution in [0.5, 0.6) is 5.75 Å². The van der Waals surface area contributed by atoms with Gasteiger partial charge in [-0.25, -0.2) is 0 Å². The maximum absolute atomic E-state index is 13.1. The number of carbonyl (C=O) groups excluding carboxylic acids is 2. The lowest BCUT2D eigenvalue weighted by molar-refractivity contribution is -0.133. The van der Waals surface area contributed by atoms with Crippen LogP contribution in [0.25, 0.3) is 17.1 Å². The number of carbonyl (C=O) groups is 2. The molecule has 1 aliphatic heterocycles. The molecule has 0 aliphatic carbocycles. The van der Waals surface area contributed by atoms with Gasteiger partial charge in [0.2, 0.25) is 5.91 Å². The molecule has 1 aliphatic rings. The molecule has 42 heavy (non-hydrogen) atoms. The summed E-state index contributed by atoms with van der Waals surface area (Å²) in [5, 5.41) is 9.89. The van der Waals surface area contributed by atoms with Crippen LogP contribution in [-0.4, -0.2) is 74.9 Å². The zero-order valence-electron chi connectivity index (χ0n) is 24.4. The van der Waals surface area contributed by atoms with Gasteiger partial charge in [-0.3, -0.25) is 14.2 Å². The van der Waals surface area contributed by atoms with Gasteiger partial charge in [-0.05, 0) is 57.0 Å². The van der Waals surface area contributed by atoms with Gasteiger partial charge in [0.05, 0.1) is 7.11 Å². The minimum absolute atomic E-state index is 0.0283. The Labute approximate surface area is 251 Å². The predicted molar refractivity (Wildman–Crippen MR) is 166 cm³/mol. The molecule has 8 nitrogen and oxygen atoms in total. The summed E-state index contributed by atoms with van der Waals surface area (Å²) in [4.78, 5) is 29.8. The van der Waals surface area contributed by atoms with E-state index in [1.54, 1.807) is 31.0 Å². The highest BCUT2D eigenvalue weighted by molar-refractivity contribution is 7.99. The number of amides is 2. The second-order valence-corrected chi connectivity index (χ2v) is 11.6. The largest absolute Gasteiger partial charge is 0.497 e. The van der Waals surface area contributed by atoms with Crippen LogP contribution >= 0.6 is 11.8 Å². The Bertz CT molecular complexity index is 1510. The van der Waals surface area contributed by atoms with Crippen molar-refractivity contribution in [2.75, 3.05) is 32.5 Å². The van der Waals surface area contributed by atoms with E-state index >= 15 is 0 Å². The van der Waals surface area contributed by atoms with Crippen molar-refractivity contribution in [3.63, 3.8) is 0 Å². The van der Waals surface area contributed by atoms with Crippen LogP contribution < -0.4 is 4.74 Å². The standard InChI is InChI=1S/C33H37N5O3S/c1-24-15-17-28(18-16-24)38-31(26-10-5-4-6-11-26)34-35-33(38)42-21-8-7-14-30(39)36-19-20-37(25(2)23-36)32(40)27-12-9-13-29(22-27)41-3/h4-6,9-13,15-18,22,25H,7-8,14,19-21,23H2,1-3H3. The molecule has 1 fully saturated rings. The lowest BCUT2D eigenvalue weighted by Crippen LogP contribution is -2.55. The first-order valence-corrected chi connectivity index (χ1v) is 15.4. The average molecular weight is 584 g/mol. The third kappa shape index (κ3) is 6.85. The maximum atomic E-state index is 13.1. The van der Waals surface area contributed by atoms with Crippen molar-refractivity contribution in [1.82, 2.24) is 24.6 Å². The van der Waals surface area contributed by atoms with E-state index in [0.717, 1.165) is 40.8 Å². The highest BCUT2D eigenvalue weighted by Gasteiger charge is 2.30. The summed E-state index contributed by atoms with van der Waals surface area (Å²) in [5.74, 6) is 2.43. The minimum atomic E-state index is -0.0519. The fourth-order valence-electron chi connectivity index (χ4n) is 5.17. The molecule has 1 aromatic heterocycles. The van der Waals surface area contributed by atoms with Crippen molar-refractivity contribution < 1.29 is 14.3 Å². The highest BCUT2D eigenvalue weighted by atomic mass is 32.2. The zero-order valence-corrected chi connectivity index (χ0v) is 25.2. The van der Waals surface area contributed by atoms with E-state index in [4.69, 9.17) is 4.74 Å². The molecular weight excluding hydrogens is 546 g/mol. The number of methoxy groups -OCH3 is 1. The van der Waals surface area contributed by atoms with Crippen LogP contribution in [0.2, 0.25) is 0 Å². The Morgan fingerprint density at radius 3 is 2.48 bits per heavy atom. The van der Waals surface area contributed by atoms with Gasteiger partial charge in [0.15, 0.2) is 11.0 Å². The molecule has 0 bridgehead atoms. The van der Waals surface area contributed by atoms with Gasteiger partial charge in [-0.2, -0.15) is 0 Å². The molecule has 0 saturated carbocycles. The van der Waals surface area contributed by atoms with E-state index in [1.165, 1.54) is 5.56 Å². The number of ether oxygens (including phenoxy) is 1. The SMILES string of the molecule is COc1cccc(C(=O)N2CCN(C(=O)CCCCSc3nnc(-c4ccccc4)n3-c3ccc(C)cc3)CC2C)c1. The van der Waals surface area contributed by atoms with Gasteiger partial charge in [-0.15, -0.1) is 10.2 Å². The van der Waals surface area contributed by atoms with Crippen LogP contribution in [0, 0.1) is 6.92 Å². The molecule has 3 aromatic carbocycles. The second-order valence-electron chi connectivity index (χ2n) is 10.6. The van der Waals surface area contributed by atoms with Gasteiger partial charge in [0, 0.05) is 54.7 Å². The number of benzene rings is 3. The predicted octanol–water partition coefficient (Wildman–Crippen LogP) is 5.89. The topological polar surface area (TPSA) is 80.6 Å². The number of nitrogens with zero attached hydrogens (tertiary/aromatic N) is 5. The molecule has 9 heteroatoms. The van der Waals surface area contributed by atoms with Gasteiger partial charge < -0.3 is 14.5 Å². The Hall–Kier alpha value is -4.11. The number of aryl methyl sites for hydroxylation is 1. The summed E-state index contributed by atoms with van der Waals surface area (Å²) in [6.45, 7) is 5.70. The molecule has 218 valence electrons. The van der Waals surface area contributed by atoms with Crippen LogP contribution in [-0.2, 0) is 4.79 Å². The van der Waals surface area contributed by atoms with Crippen LogP contribution in [0.15, 0.2) is 84.0 Å². The van der Waals surface area contributed by atoms with Gasteiger partial charge in [-0.1, -0.05) is 65.9 Å². The van der Waals surface area contributed by atoms with Crippen molar-refractivity contribution in [1.29, 1.82) is 0 Å². The second kappa shape index (κ2) is 13.7. The molecule has 1 saturated heterocycles. The number of thioether (sulfide) groups is 1. The number of aromatic nitrogens is 3. The number of piperazine rings is 1. The first kappa shape index (κ1) is 29.4. The summed E-state index contributed by atoms with van der Waals surface area (Å²) >= 11 is 1.66. The van der Waals surface area contributed by atoms with Crippen molar-refractivity contribution >= 4 is 23.6 Å². The fraction of sp³-hybridized carbons (Fsp3) is 0.333. The fourth-order valence-corrected chi connectivity index (χ4v) is 6.12. The van der Waals surface area contributed by atoms with E-state index in [-0.39, 0.29) is 17.9 Å². The first-order chi connectivity index (χ1) is 20.4. The van der Waals surface area contributed by atoms with E-state index in [0.29, 0.717) is 37.4 Å². The van der Waals surface area contributed by atoms with Crippen LogP contribution in [0.1, 0.15) is 42.1 Å². The molecular formula is C33H37N5O3S. The van der Waals surface area contributed by atoms with Crippen LogP contribution in [0.4, 0.5) is 0 Å². The lowest BCUT2D eigenvalue weighted by atomic mass is 10.1. The zero-order chi connectivity index (χ0) is 29.5. The molecule has 2 heterocycles. The monoisotopic (exact) mass is 583 g/mol. The third-order valence-electron chi connectivity index (χ3n) is 7.53. The number of rotatable bonds is 10. The summed E-state index contributed by atoms with van der Waals surface area (Å²) in [6.07, 6.45) is 2.19. The van der Waals surface area contributed by atoms with Gasteiger partial charge >= 0.3 is 0 Å². The van der Waals surface area contributed by atoms with E-state index in [1.807, 2.05) is 59.2 Å². The maximum Gasteiger partial charge on any atom is 0.254 e. The molecule has 1 unspecified atom stereocenters. The molecule has 5 rings (SSSR count). The quantitative estimate of drug-likeness (QED) is 0.171. The molecule has 2 amide bonds. The summed E-state index contributed by atoms with van der Waals surface area (Å²) in [5.41, 5.74) is 3.85. The molecule has 0 spiro atoms. The first-order valence-electron chi connectivity index (χ1n) is 14.4. The van der Waals surface area contributed by atoms with Crippen molar-refractivity contribution in [3.05, 3.63) is 90.0 Å².